The Balaban J connectivity index is 1.89. The van der Waals surface area contributed by atoms with Crippen molar-refractivity contribution in [2.75, 3.05) is 0 Å². The molecule has 0 aromatic heterocycles. The van der Waals surface area contributed by atoms with Crippen LogP contribution in [0.25, 0.3) is 0 Å². The van der Waals surface area contributed by atoms with Gasteiger partial charge in [-0.2, -0.15) is 0 Å². The zero-order valence-corrected chi connectivity index (χ0v) is 21.6. The molecule has 6 atom stereocenters. The lowest BCUT2D eigenvalue weighted by atomic mass is 9.75. The first kappa shape index (κ1) is 24.0. The SMILES string of the molecule is CC(C)[C@H]1CC[C@H](C)C[C@@H]1O[Si](C)(O[C@H]1C[C@@H](C)CC[C@@H]1C(C)C)c1ccccc1. The van der Waals surface area contributed by atoms with Gasteiger partial charge in [0.05, 0.1) is 12.2 Å². The van der Waals surface area contributed by atoms with Crippen molar-refractivity contribution in [3.8, 4) is 0 Å². The molecular weight excluding hydrogens is 384 g/mol. The summed E-state index contributed by atoms with van der Waals surface area (Å²) in [4.78, 5) is 0. The first-order valence-electron chi connectivity index (χ1n) is 12.6. The third-order valence-corrected chi connectivity index (χ3v) is 10.9. The Hall–Kier alpha value is -0.643. The van der Waals surface area contributed by atoms with Gasteiger partial charge in [0, 0.05) is 0 Å². The van der Waals surface area contributed by atoms with Gasteiger partial charge in [-0.25, -0.2) is 0 Å². The normalized spacial score (nSPS) is 33.2. The van der Waals surface area contributed by atoms with Crippen LogP contribution in [-0.4, -0.2) is 20.8 Å². The molecule has 2 aliphatic carbocycles. The molecular formula is C27H46O2Si. The lowest BCUT2D eigenvalue weighted by molar-refractivity contribution is -0.0205. The van der Waals surface area contributed by atoms with Crippen LogP contribution in [0.2, 0.25) is 6.55 Å². The van der Waals surface area contributed by atoms with E-state index in [1.54, 1.807) is 0 Å². The molecule has 0 saturated heterocycles. The largest absolute Gasteiger partial charge is 0.388 e. The van der Waals surface area contributed by atoms with Crippen molar-refractivity contribution in [2.45, 2.75) is 98.8 Å². The second kappa shape index (κ2) is 10.3. The summed E-state index contributed by atoms with van der Waals surface area (Å²) in [6.45, 7) is 16.6. The van der Waals surface area contributed by atoms with Crippen LogP contribution >= 0.6 is 0 Å². The van der Waals surface area contributed by atoms with Crippen molar-refractivity contribution in [3.63, 3.8) is 0 Å². The van der Waals surface area contributed by atoms with Crippen LogP contribution in [0.3, 0.4) is 0 Å². The molecule has 3 rings (SSSR count). The van der Waals surface area contributed by atoms with Gasteiger partial charge in [0.2, 0.25) is 0 Å². The number of rotatable bonds is 7. The molecule has 0 N–H and O–H groups in total. The Kier molecular flexibility index (Phi) is 8.26. The number of hydrogen-bond donors (Lipinski definition) is 0. The highest BCUT2D eigenvalue weighted by molar-refractivity contribution is 6.80. The summed E-state index contributed by atoms with van der Waals surface area (Å²) in [5.41, 5.74) is 0. The molecule has 0 unspecified atom stereocenters. The van der Waals surface area contributed by atoms with Crippen molar-refractivity contribution < 1.29 is 8.85 Å². The zero-order valence-electron chi connectivity index (χ0n) is 20.6. The monoisotopic (exact) mass is 430 g/mol. The Labute approximate surface area is 187 Å². The summed E-state index contributed by atoms with van der Waals surface area (Å²) in [6.07, 6.45) is 8.25. The van der Waals surface area contributed by atoms with Crippen molar-refractivity contribution in [1.29, 1.82) is 0 Å². The van der Waals surface area contributed by atoms with Crippen LogP contribution in [-0.2, 0) is 8.85 Å². The molecule has 1 aromatic carbocycles. The second-order valence-electron chi connectivity index (χ2n) is 11.3. The van der Waals surface area contributed by atoms with E-state index in [-0.39, 0.29) is 0 Å². The fourth-order valence-corrected chi connectivity index (χ4v) is 8.81. The summed E-state index contributed by atoms with van der Waals surface area (Å²) in [7, 11) is -2.53. The minimum Gasteiger partial charge on any atom is -0.388 e. The predicted octanol–water partition coefficient (Wildman–Crippen LogP) is 6.92. The van der Waals surface area contributed by atoms with E-state index in [4.69, 9.17) is 8.85 Å². The summed E-state index contributed by atoms with van der Waals surface area (Å²) >= 11 is 0. The molecule has 0 heterocycles. The molecule has 2 nitrogen and oxygen atoms in total. The summed E-state index contributed by atoms with van der Waals surface area (Å²) in [5.74, 6) is 4.11. The smallest absolute Gasteiger partial charge is 0.369 e. The zero-order chi connectivity index (χ0) is 21.9. The summed E-state index contributed by atoms with van der Waals surface area (Å²) in [6, 6.07) is 10.9. The molecule has 2 aliphatic rings. The van der Waals surface area contributed by atoms with E-state index in [9.17, 15) is 0 Å². The van der Waals surface area contributed by atoms with Crippen LogP contribution in [0.4, 0.5) is 0 Å². The van der Waals surface area contributed by atoms with Crippen LogP contribution in [0, 0.1) is 35.5 Å². The van der Waals surface area contributed by atoms with Gasteiger partial charge in [-0.3, -0.25) is 0 Å². The van der Waals surface area contributed by atoms with E-state index in [1.165, 1.54) is 43.7 Å². The van der Waals surface area contributed by atoms with Gasteiger partial charge in [-0.1, -0.05) is 84.7 Å². The second-order valence-corrected chi connectivity index (χ2v) is 14.2. The molecule has 170 valence electrons. The lowest BCUT2D eigenvalue weighted by Gasteiger charge is -2.45. The van der Waals surface area contributed by atoms with Crippen molar-refractivity contribution in [3.05, 3.63) is 30.3 Å². The highest BCUT2D eigenvalue weighted by atomic mass is 28.4. The number of benzene rings is 1. The Bertz CT molecular complexity index is 610. The first-order chi connectivity index (χ1) is 14.2. The maximum absolute atomic E-state index is 7.19. The first-order valence-corrected chi connectivity index (χ1v) is 14.9. The van der Waals surface area contributed by atoms with Gasteiger partial charge in [-0.15, -0.1) is 0 Å². The fourth-order valence-electron chi connectivity index (χ4n) is 5.98. The van der Waals surface area contributed by atoms with E-state index < -0.39 is 8.56 Å². The van der Waals surface area contributed by atoms with Gasteiger partial charge in [0.25, 0.3) is 0 Å². The van der Waals surface area contributed by atoms with Crippen molar-refractivity contribution in [1.82, 2.24) is 0 Å². The van der Waals surface area contributed by atoms with Crippen molar-refractivity contribution >= 4 is 13.7 Å². The quantitative estimate of drug-likeness (QED) is 0.437. The van der Waals surface area contributed by atoms with Gasteiger partial charge < -0.3 is 8.85 Å². The van der Waals surface area contributed by atoms with Crippen LogP contribution in [0.5, 0.6) is 0 Å². The van der Waals surface area contributed by atoms with E-state index in [2.05, 4.69) is 78.4 Å². The molecule has 0 spiro atoms. The van der Waals surface area contributed by atoms with Crippen molar-refractivity contribution in [2.24, 2.45) is 35.5 Å². The lowest BCUT2D eigenvalue weighted by Crippen LogP contribution is -2.58. The Morgan fingerprint density at radius 2 is 1.17 bits per heavy atom. The highest BCUT2D eigenvalue weighted by Crippen LogP contribution is 2.40. The van der Waals surface area contributed by atoms with Gasteiger partial charge in [-0.05, 0) is 72.9 Å². The topological polar surface area (TPSA) is 18.5 Å². The average molecular weight is 431 g/mol. The van der Waals surface area contributed by atoms with Gasteiger partial charge in [0.15, 0.2) is 0 Å². The van der Waals surface area contributed by atoms with E-state index >= 15 is 0 Å². The highest BCUT2D eigenvalue weighted by Gasteiger charge is 2.45. The molecule has 2 saturated carbocycles. The minimum absolute atomic E-state index is 0.323. The molecule has 0 amide bonds. The average Bonchev–Trinajstić information content (AvgIpc) is 2.68. The standard InChI is InChI=1S/C27H46O2Si/c1-19(2)24-15-13-21(5)17-26(24)28-30(7,23-11-9-8-10-12-23)29-27-18-22(6)14-16-25(27)20(3)4/h8-12,19-22,24-27H,13-18H2,1-7H3/t21-,22-,24+,25+,26-,27-/m0/s1. The Morgan fingerprint density at radius 1 is 0.733 bits per heavy atom. The van der Waals surface area contributed by atoms with Gasteiger partial charge in [0.1, 0.15) is 0 Å². The van der Waals surface area contributed by atoms with Crippen LogP contribution < -0.4 is 5.19 Å². The molecule has 2 fully saturated rings. The maximum atomic E-state index is 7.19. The molecule has 0 aliphatic heterocycles. The van der Waals surface area contributed by atoms with E-state index in [1.807, 2.05) is 0 Å². The van der Waals surface area contributed by atoms with Gasteiger partial charge >= 0.3 is 8.56 Å². The third-order valence-electron chi connectivity index (χ3n) is 7.97. The molecule has 0 bridgehead atoms. The maximum Gasteiger partial charge on any atom is 0.369 e. The molecule has 0 radical (unpaired) electrons. The fraction of sp³-hybridized carbons (Fsp3) is 0.778. The molecule has 30 heavy (non-hydrogen) atoms. The van der Waals surface area contributed by atoms with Crippen LogP contribution in [0.15, 0.2) is 30.3 Å². The van der Waals surface area contributed by atoms with Crippen LogP contribution in [0.1, 0.15) is 80.1 Å². The summed E-state index contributed by atoms with van der Waals surface area (Å²) < 4.78 is 14.4. The predicted molar refractivity (Wildman–Crippen MR) is 130 cm³/mol. The van der Waals surface area contributed by atoms with E-state index in [0.29, 0.717) is 35.9 Å². The third kappa shape index (κ3) is 5.78. The van der Waals surface area contributed by atoms with E-state index in [0.717, 1.165) is 11.8 Å². The number of hydrogen-bond acceptors (Lipinski definition) is 2. The summed E-state index contributed by atoms with van der Waals surface area (Å²) in [5, 5.41) is 1.30. The molecule has 3 heteroatoms. The molecule has 1 aromatic rings. The minimum atomic E-state index is -2.53. The Morgan fingerprint density at radius 3 is 1.57 bits per heavy atom.